The lowest BCUT2D eigenvalue weighted by molar-refractivity contribution is -0.136. The quantitative estimate of drug-likeness (QED) is 0.716. The van der Waals surface area contributed by atoms with E-state index in [1.807, 2.05) is 0 Å². The van der Waals surface area contributed by atoms with Crippen LogP contribution in [0.15, 0.2) is 24.3 Å². The number of benzene rings is 1. The van der Waals surface area contributed by atoms with Crippen LogP contribution < -0.4 is 5.73 Å². The lowest BCUT2D eigenvalue weighted by Gasteiger charge is -2.15. The van der Waals surface area contributed by atoms with Gasteiger partial charge in [-0.15, -0.1) is 12.4 Å². The van der Waals surface area contributed by atoms with Gasteiger partial charge in [0, 0.05) is 5.56 Å². The van der Waals surface area contributed by atoms with Gasteiger partial charge >= 0.3 is 5.97 Å². The Labute approximate surface area is 98.3 Å². The molecule has 0 aliphatic rings. The summed E-state index contributed by atoms with van der Waals surface area (Å²) in [6.45, 7) is 0. The molecule has 3 nitrogen and oxygen atoms in total. The first-order valence-electron chi connectivity index (χ1n) is 3.95. The van der Waals surface area contributed by atoms with Crippen molar-refractivity contribution in [3.63, 3.8) is 0 Å². The third kappa shape index (κ3) is 3.37. The number of carboxylic acid groups (broad SMARTS) is 1. The standard InChI is InChI=1S/C9H10FNO2S.ClH/c10-6-4-2-1-3-5(6)7(11)8(14)9(12)13;/h1-4,7-8,14H,11H2,(H,12,13);1H/t7-,8?;/m0./s1. The Kier molecular flexibility index (Phi) is 5.64. The molecule has 15 heavy (non-hydrogen) atoms. The van der Waals surface area contributed by atoms with Gasteiger partial charge in [-0.25, -0.2) is 4.39 Å². The minimum atomic E-state index is -1.16. The SMILES string of the molecule is Cl.N[C@@H](c1ccccc1F)C(S)C(=O)O. The maximum atomic E-state index is 13.2. The number of hydrogen-bond acceptors (Lipinski definition) is 3. The van der Waals surface area contributed by atoms with Crippen LogP contribution in [0.25, 0.3) is 0 Å². The highest BCUT2D eigenvalue weighted by Gasteiger charge is 2.24. The summed E-state index contributed by atoms with van der Waals surface area (Å²) in [6, 6.07) is 4.85. The molecule has 0 bridgehead atoms. The number of carboxylic acids is 1. The molecule has 0 spiro atoms. The van der Waals surface area contributed by atoms with Crippen LogP contribution in [-0.2, 0) is 4.79 Å². The summed E-state index contributed by atoms with van der Waals surface area (Å²) in [5, 5.41) is 7.52. The lowest BCUT2D eigenvalue weighted by Crippen LogP contribution is -2.29. The van der Waals surface area contributed by atoms with Crippen molar-refractivity contribution in [3.05, 3.63) is 35.6 Å². The molecule has 1 aromatic carbocycles. The summed E-state index contributed by atoms with van der Waals surface area (Å²) in [6.07, 6.45) is 0. The molecule has 1 unspecified atom stereocenters. The van der Waals surface area contributed by atoms with Gasteiger partial charge in [-0.2, -0.15) is 12.6 Å². The summed E-state index contributed by atoms with van der Waals surface area (Å²) in [5.41, 5.74) is 5.70. The molecule has 0 radical (unpaired) electrons. The molecular weight excluding hydrogens is 241 g/mol. The fraction of sp³-hybridized carbons (Fsp3) is 0.222. The van der Waals surface area contributed by atoms with Crippen molar-refractivity contribution in [3.8, 4) is 0 Å². The predicted octanol–water partition coefficient (Wildman–Crippen LogP) is 1.63. The molecule has 2 atom stereocenters. The van der Waals surface area contributed by atoms with E-state index in [1.165, 1.54) is 18.2 Å². The van der Waals surface area contributed by atoms with E-state index < -0.39 is 23.1 Å². The third-order valence-corrected chi connectivity index (χ3v) is 2.40. The van der Waals surface area contributed by atoms with Crippen molar-refractivity contribution >= 4 is 31.0 Å². The minimum Gasteiger partial charge on any atom is -0.480 e. The van der Waals surface area contributed by atoms with Crippen molar-refractivity contribution in [1.82, 2.24) is 0 Å². The Morgan fingerprint density at radius 2 is 2.00 bits per heavy atom. The molecule has 0 amide bonds. The summed E-state index contributed by atoms with van der Waals surface area (Å²) < 4.78 is 13.2. The largest absolute Gasteiger partial charge is 0.480 e. The van der Waals surface area contributed by atoms with Gasteiger partial charge < -0.3 is 10.8 Å². The third-order valence-electron chi connectivity index (χ3n) is 1.86. The van der Waals surface area contributed by atoms with Crippen LogP contribution in [0.4, 0.5) is 4.39 Å². The van der Waals surface area contributed by atoms with Gasteiger partial charge in [0.2, 0.25) is 0 Å². The number of halogens is 2. The molecule has 0 saturated heterocycles. The van der Waals surface area contributed by atoms with Crippen LogP contribution >= 0.6 is 25.0 Å². The first-order valence-corrected chi connectivity index (χ1v) is 4.46. The Morgan fingerprint density at radius 3 is 2.47 bits per heavy atom. The second-order valence-electron chi connectivity index (χ2n) is 2.83. The van der Waals surface area contributed by atoms with Crippen LogP contribution in [0.2, 0.25) is 0 Å². The van der Waals surface area contributed by atoms with Crippen LogP contribution in [-0.4, -0.2) is 16.3 Å². The Morgan fingerprint density at radius 1 is 1.47 bits per heavy atom. The molecule has 84 valence electrons. The minimum absolute atomic E-state index is 0. The van der Waals surface area contributed by atoms with Crippen molar-refractivity contribution in [2.75, 3.05) is 0 Å². The van der Waals surface area contributed by atoms with E-state index in [1.54, 1.807) is 6.07 Å². The average Bonchev–Trinajstić information content (AvgIpc) is 2.16. The maximum absolute atomic E-state index is 13.2. The molecule has 0 aliphatic carbocycles. The number of thiol groups is 1. The highest BCUT2D eigenvalue weighted by molar-refractivity contribution is 7.81. The number of carbonyl (C=O) groups is 1. The molecule has 6 heteroatoms. The Hall–Kier alpha value is -0.780. The zero-order valence-electron chi connectivity index (χ0n) is 7.63. The second kappa shape index (κ2) is 5.95. The van der Waals surface area contributed by atoms with E-state index >= 15 is 0 Å². The molecule has 3 N–H and O–H groups in total. The fourth-order valence-electron chi connectivity index (χ4n) is 1.07. The Balaban J connectivity index is 0.00000196. The van der Waals surface area contributed by atoms with E-state index in [2.05, 4.69) is 12.6 Å². The fourth-order valence-corrected chi connectivity index (χ4v) is 1.23. The number of hydrogen-bond donors (Lipinski definition) is 3. The zero-order valence-corrected chi connectivity index (χ0v) is 9.34. The maximum Gasteiger partial charge on any atom is 0.318 e. The molecule has 0 aliphatic heterocycles. The normalized spacial score (nSPS) is 13.8. The van der Waals surface area contributed by atoms with Crippen LogP contribution in [0, 0.1) is 5.82 Å². The molecule has 1 aromatic rings. The summed E-state index contributed by atoms with van der Waals surface area (Å²) in [5.74, 6) is -1.68. The van der Waals surface area contributed by atoms with Crippen LogP contribution in [0.5, 0.6) is 0 Å². The van der Waals surface area contributed by atoms with E-state index in [0.717, 1.165) is 0 Å². The first kappa shape index (κ1) is 14.2. The number of rotatable bonds is 3. The Bertz CT molecular complexity index is 351. The molecule has 0 heterocycles. The van der Waals surface area contributed by atoms with Gasteiger partial charge in [-0.1, -0.05) is 18.2 Å². The van der Waals surface area contributed by atoms with Crippen molar-refractivity contribution < 1.29 is 14.3 Å². The highest BCUT2D eigenvalue weighted by Crippen LogP contribution is 2.20. The van der Waals surface area contributed by atoms with E-state index in [-0.39, 0.29) is 18.0 Å². The molecular formula is C9H11ClFNO2S. The van der Waals surface area contributed by atoms with E-state index in [9.17, 15) is 9.18 Å². The summed E-state index contributed by atoms with van der Waals surface area (Å²) >= 11 is 3.79. The van der Waals surface area contributed by atoms with Crippen LogP contribution in [0.3, 0.4) is 0 Å². The topological polar surface area (TPSA) is 63.3 Å². The molecule has 0 aromatic heterocycles. The van der Waals surface area contributed by atoms with E-state index in [4.69, 9.17) is 10.8 Å². The smallest absolute Gasteiger partial charge is 0.318 e. The monoisotopic (exact) mass is 251 g/mol. The van der Waals surface area contributed by atoms with Gasteiger partial charge in [0.15, 0.2) is 0 Å². The van der Waals surface area contributed by atoms with Gasteiger partial charge in [0.25, 0.3) is 0 Å². The lowest BCUT2D eigenvalue weighted by atomic mass is 10.0. The van der Waals surface area contributed by atoms with Gasteiger partial charge in [0.05, 0.1) is 6.04 Å². The van der Waals surface area contributed by atoms with Crippen LogP contribution in [0.1, 0.15) is 11.6 Å². The summed E-state index contributed by atoms with van der Waals surface area (Å²) in [7, 11) is 0. The van der Waals surface area contributed by atoms with Gasteiger partial charge in [-0.05, 0) is 6.07 Å². The average molecular weight is 252 g/mol. The summed E-state index contributed by atoms with van der Waals surface area (Å²) in [4.78, 5) is 10.5. The number of aliphatic carboxylic acids is 1. The van der Waals surface area contributed by atoms with E-state index in [0.29, 0.717) is 0 Å². The van der Waals surface area contributed by atoms with Gasteiger partial charge in [-0.3, -0.25) is 4.79 Å². The number of nitrogens with two attached hydrogens (primary N) is 1. The van der Waals surface area contributed by atoms with Crippen molar-refractivity contribution in [2.45, 2.75) is 11.3 Å². The molecule has 1 rings (SSSR count). The van der Waals surface area contributed by atoms with Crippen molar-refractivity contribution in [1.29, 1.82) is 0 Å². The first-order chi connectivity index (χ1) is 6.54. The molecule has 0 saturated carbocycles. The predicted molar refractivity (Wildman–Crippen MR) is 61.0 cm³/mol. The molecule has 0 fully saturated rings. The van der Waals surface area contributed by atoms with Crippen molar-refractivity contribution in [2.24, 2.45) is 5.73 Å². The highest BCUT2D eigenvalue weighted by atomic mass is 35.5. The van der Waals surface area contributed by atoms with Gasteiger partial charge in [0.1, 0.15) is 11.1 Å². The second-order valence-corrected chi connectivity index (χ2v) is 3.39. The zero-order chi connectivity index (χ0) is 10.7.